The predicted octanol–water partition coefficient (Wildman–Crippen LogP) is 4.57. The SMILES string of the molecule is O=C(c1cccc([N+](=O)[O-])c1)N(c1ccccc1)C1CCCCC1. The van der Waals surface area contributed by atoms with E-state index in [9.17, 15) is 14.9 Å². The van der Waals surface area contributed by atoms with Gasteiger partial charge in [-0.25, -0.2) is 0 Å². The van der Waals surface area contributed by atoms with Gasteiger partial charge in [-0.05, 0) is 31.0 Å². The van der Waals surface area contributed by atoms with Crippen LogP contribution >= 0.6 is 0 Å². The standard InChI is InChI=1S/C19H20N2O3/c22-19(15-8-7-13-18(14-15)21(23)24)20(16-9-3-1-4-10-16)17-11-5-2-6-12-17/h1,3-4,7-10,13-14,17H,2,5-6,11-12H2. The van der Waals surface area contributed by atoms with E-state index < -0.39 is 4.92 Å². The molecule has 0 aliphatic heterocycles. The Kier molecular flexibility index (Phi) is 4.89. The summed E-state index contributed by atoms with van der Waals surface area (Å²) in [7, 11) is 0. The van der Waals surface area contributed by atoms with Gasteiger partial charge in [0, 0.05) is 29.4 Å². The van der Waals surface area contributed by atoms with Crippen LogP contribution in [0.25, 0.3) is 0 Å². The number of hydrogen-bond donors (Lipinski definition) is 0. The molecule has 5 heteroatoms. The number of hydrogen-bond acceptors (Lipinski definition) is 3. The molecule has 3 rings (SSSR count). The lowest BCUT2D eigenvalue weighted by Gasteiger charge is -2.34. The molecule has 0 atom stereocenters. The molecule has 0 radical (unpaired) electrons. The van der Waals surface area contributed by atoms with Gasteiger partial charge < -0.3 is 4.90 Å². The Morgan fingerprint density at radius 1 is 1.00 bits per heavy atom. The van der Waals surface area contributed by atoms with Crippen molar-refractivity contribution in [2.75, 3.05) is 4.90 Å². The Bertz CT molecular complexity index is 724. The van der Waals surface area contributed by atoms with Crippen molar-refractivity contribution in [2.45, 2.75) is 38.1 Å². The Labute approximate surface area is 141 Å². The van der Waals surface area contributed by atoms with Crippen LogP contribution < -0.4 is 4.90 Å². The number of anilines is 1. The fraction of sp³-hybridized carbons (Fsp3) is 0.316. The van der Waals surface area contributed by atoms with Gasteiger partial charge in [0.05, 0.1) is 4.92 Å². The summed E-state index contributed by atoms with van der Waals surface area (Å²) in [5, 5.41) is 11.0. The Balaban J connectivity index is 1.97. The van der Waals surface area contributed by atoms with Crippen LogP contribution in [-0.4, -0.2) is 16.9 Å². The highest BCUT2D eigenvalue weighted by atomic mass is 16.6. The molecule has 1 aliphatic rings. The van der Waals surface area contributed by atoms with Gasteiger partial charge in [-0.3, -0.25) is 14.9 Å². The second kappa shape index (κ2) is 7.25. The fourth-order valence-corrected chi connectivity index (χ4v) is 3.31. The van der Waals surface area contributed by atoms with E-state index in [1.807, 2.05) is 35.2 Å². The number of amides is 1. The number of nitrogens with zero attached hydrogens (tertiary/aromatic N) is 2. The highest BCUT2D eigenvalue weighted by Gasteiger charge is 2.28. The molecule has 1 fully saturated rings. The molecule has 0 saturated heterocycles. The summed E-state index contributed by atoms with van der Waals surface area (Å²) in [6, 6.07) is 15.7. The highest BCUT2D eigenvalue weighted by molar-refractivity contribution is 6.06. The van der Waals surface area contributed by atoms with Crippen molar-refractivity contribution in [3.8, 4) is 0 Å². The zero-order valence-corrected chi connectivity index (χ0v) is 13.4. The van der Waals surface area contributed by atoms with Gasteiger partial charge in [0.25, 0.3) is 11.6 Å². The van der Waals surface area contributed by atoms with Gasteiger partial charge in [0.15, 0.2) is 0 Å². The van der Waals surface area contributed by atoms with E-state index >= 15 is 0 Å². The second-order valence-corrected chi connectivity index (χ2v) is 6.11. The number of nitro benzene ring substituents is 1. The number of para-hydroxylation sites is 1. The molecule has 0 heterocycles. The van der Waals surface area contributed by atoms with Gasteiger partial charge in [-0.15, -0.1) is 0 Å². The van der Waals surface area contributed by atoms with E-state index in [-0.39, 0.29) is 17.6 Å². The molecule has 0 unspecified atom stereocenters. The van der Waals surface area contributed by atoms with Crippen molar-refractivity contribution in [2.24, 2.45) is 0 Å². The molecular weight excluding hydrogens is 304 g/mol. The molecule has 2 aromatic carbocycles. The van der Waals surface area contributed by atoms with E-state index in [1.165, 1.54) is 18.6 Å². The summed E-state index contributed by atoms with van der Waals surface area (Å²) in [6.07, 6.45) is 5.35. The number of rotatable bonds is 4. The first-order valence-electron chi connectivity index (χ1n) is 8.30. The molecule has 0 bridgehead atoms. The normalized spacial score (nSPS) is 15.0. The van der Waals surface area contributed by atoms with Crippen LogP contribution in [0, 0.1) is 10.1 Å². The summed E-state index contributed by atoms with van der Waals surface area (Å²) in [5.41, 5.74) is 1.15. The largest absolute Gasteiger partial charge is 0.305 e. The van der Waals surface area contributed by atoms with Gasteiger partial charge >= 0.3 is 0 Å². The topological polar surface area (TPSA) is 63.4 Å². The molecule has 124 valence electrons. The van der Waals surface area contributed by atoms with Crippen molar-refractivity contribution in [1.82, 2.24) is 0 Å². The van der Waals surface area contributed by atoms with Gasteiger partial charge in [-0.2, -0.15) is 0 Å². The third kappa shape index (κ3) is 3.45. The average molecular weight is 324 g/mol. The maximum absolute atomic E-state index is 13.1. The lowest BCUT2D eigenvalue weighted by Crippen LogP contribution is -2.41. The van der Waals surface area contributed by atoms with Gasteiger partial charge in [-0.1, -0.05) is 43.5 Å². The third-order valence-corrected chi connectivity index (χ3v) is 4.50. The number of carbonyl (C=O) groups is 1. The zero-order chi connectivity index (χ0) is 16.9. The monoisotopic (exact) mass is 324 g/mol. The summed E-state index contributed by atoms with van der Waals surface area (Å²) in [4.78, 5) is 25.5. The van der Waals surface area contributed by atoms with Gasteiger partial charge in [0.2, 0.25) is 0 Å². The molecule has 1 amide bonds. The Hall–Kier alpha value is -2.69. The summed E-state index contributed by atoms with van der Waals surface area (Å²) in [6.45, 7) is 0. The molecule has 1 saturated carbocycles. The number of non-ortho nitro benzene ring substituents is 1. The average Bonchev–Trinajstić information content (AvgIpc) is 2.64. The maximum atomic E-state index is 13.1. The van der Waals surface area contributed by atoms with Crippen LogP contribution in [0.1, 0.15) is 42.5 Å². The van der Waals surface area contributed by atoms with Crippen molar-refractivity contribution < 1.29 is 9.72 Å². The first-order chi connectivity index (χ1) is 11.7. The molecule has 0 aromatic heterocycles. The molecule has 24 heavy (non-hydrogen) atoms. The smallest absolute Gasteiger partial charge is 0.270 e. The molecule has 0 N–H and O–H groups in total. The third-order valence-electron chi connectivity index (χ3n) is 4.50. The summed E-state index contributed by atoms with van der Waals surface area (Å²) < 4.78 is 0. The Morgan fingerprint density at radius 3 is 2.38 bits per heavy atom. The van der Waals surface area contributed by atoms with E-state index in [1.54, 1.807) is 12.1 Å². The van der Waals surface area contributed by atoms with Crippen molar-refractivity contribution in [3.63, 3.8) is 0 Å². The molecule has 2 aromatic rings. The first kappa shape index (κ1) is 16.2. The van der Waals surface area contributed by atoms with Crippen molar-refractivity contribution in [1.29, 1.82) is 0 Å². The second-order valence-electron chi connectivity index (χ2n) is 6.11. The number of carbonyl (C=O) groups excluding carboxylic acids is 1. The quantitative estimate of drug-likeness (QED) is 0.611. The molecule has 5 nitrogen and oxygen atoms in total. The summed E-state index contributed by atoms with van der Waals surface area (Å²) in [5.74, 6) is -0.170. The molecule has 0 spiro atoms. The van der Waals surface area contributed by atoms with Crippen LogP contribution in [0.3, 0.4) is 0 Å². The van der Waals surface area contributed by atoms with Crippen LogP contribution in [0.4, 0.5) is 11.4 Å². The molecule has 1 aliphatic carbocycles. The lowest BCUT2D eigenvalue weighted by atomic mass is 9.93. The minimum Gasteiger partial charge on any atom is -0.305 e. The van der Waals surface area contributed by atoms with Crippen molar-refractivity contribution >= 4 is 17.3 Å². The number of benzene rings is 2. The van der Waals surface area contributed by atoms with Crippen LogP contribution in [0.15, 0.2) is 54.6 Å². The minimum atomic E-state index is -0.468. The van der Waals surface area contributed by atoms with E-state index in [2.05, 4.69) is 0 Å². The number of nitro groups is 1. The van der Waals surface area contributed by atoms with E-state index in [0.29, 0.717) is 5.56 Å². The maximum Gasteiger partial charge on any atom is 0.270 e. The van der Waals surface area contributed by atoms with Gasteiger partial charge in [0.1, 0.15) is 0 Å². The van der Waals surface area contributed by atoms with Crippen molar-refractivity contribution in [3.05, 3.63) is 70.3 Å². The minimum absolute atomic E-state index is 0.0579. The Morgan fingerprint density at radius 2 is 1.71 bits per heavy atom. The zero-order valence-electron chi connectivity index (χ0n) is 13.4. The first-order valence-corrected chi connectivity index (χ1v) is 8.30. The van der Waals surface area contributed by atoms with Crippen LogP contribution in [0.5, 0.6) is 0 Å². The predicted molar refractivity (Wildman–Crippen MR) is 93.2 cm³/mol. The highest BCUT2D eigenvalue weighted by Crippen LogP contribution is 2.29. The van der Waals surface area contributed by atoms with E-state index in [0.717, 1.165) is 31.4 Å². The summed E-state index contributed by atoms with van der Waals surface area (Å²) >= 11 is 0. The van der Waals surface area contributed by atoms with Crippen LogP contribution in [-0.2, 0) is 0 Å². The van der Waals surface area contributed by atoms with E-state index in [4.69, 9.17) is 0 Å². The molecular formula is C19H20N2O3. The fourth-order valence-electron chi connectivity index (χ4n) is 3.31. The lowest BCUT2D eigenvalue weighted by molar-refractivity contribution is -0.384. The van der Waals surface area contributed by atoms with Crippen LogP contribution in [0.2, 0.25) is 0 Å².